The number of nitrogens with two attached hydrogens (primary N) is 1. The second-order valence-corrected chi connectivity index (χ2v) is 5.38. The summed E-state index contributed by atoms with van der Waals surface area (Å²) in [6, 6.07) is 8.74. The van der Waals surface area contributed by atoms with E-state index in [-0.39, 0.29) is 0 Å². The minimum atomic E-state index is 0.301. The van der Waals surface area contributed by atoms with Gasteiger partial charge in [-0.15, -0.1) is 0 Å². The molecule has 0 radical (unpaired) electrons. The van der Waals surface area contributed by atoms with Crippen LogP contribution in [-0.2, 0) is 13.0 Å². The SMILES string of the molecule is CC(CN1CCCc2ccccc2C1)C(N)=S. The summed E-state index contributed by atoms with van der Waals surface area (Å²) >= 11 is 5.05. The van der Waals surface area contributed by atoms with Crippen molar-refractivity contribution in [1.29, 1.82) is 0 Å². The van der Waals surface area contributed by atoms with Gasteiger partial charge < -0.3 is 5.73 Å². The maximum absolute atomic E-state index is 5.69. The molecule has 92 valence electrons. The predicted octanol–water partition coefficient (Wildman–Crippen LogP) is 2.36. The fourth-order valence-corrected chi connectivity index (χ4v) is 2.48. The molecular weight excluding hydrogens is 228 g/mol. The number of nitrogens with zero attached hydrogens (tertiary/aromatic N) is 1. The Labute approximate surface area is 109 Å². The lowest BCUT2D eigenvalue weighted by molar-refractivity contribution is 0.254. The van der Waals surface area contributed by atoms with Crippen LogP contribution >= 0.6 is 12.2 Å². The van der Waals surface area contributed by atoms with Crippen LogP contribution in [0.2, 0.25) is 0 Å². The van der Waals surface area contributed by atoms with E-state index in [0.29, 0.717) is 10.9 Å². The quantitative estimate of drug-likeness (QED) is 0.833. The Morgan fingerprint density at radius 1 is 1.41 bits per heavy atom. The third-order valence-electron chi connectivity index (χ3n) is 3.45. The van der Waals surface area contributed by atoms with Crippen LogP contribution in [0.4, 0.5) is 0 Å². The highest BCUT2D eigenvalue weighted by atomic mass is 32.1. The van der Waals surface area contributed by atoms with Crippen LogP contribution in [0.1, 0.15) is 24.5 Å². The molecule has 1 aliphatic heterocycles. The molecule has 0 aliphatic carbocycles. The maximum atomic E-state index is 5.69. The third-order valence-corrected chi connectivity index (χ3v) is 3.85. The fourth-order valence-electron chi connectivity index (χ4n) is 2.40. The summed E-state index contributed by atoms with van der Waals surface area (Å²) in [5, 5.41) is 0. The summed E-state index contributed by atoms with van der Waals surface area (Å²) in [5.41, 5.74) is 8.65. The van der Waals surface area contributed by atoms with Gasteiger partial charge in [0.2, 0.25) is 0 Å². The molecule has 1 unspecified atom stereocenters. The Bertz CT molecular complexity index is 403. The van der Waals surface area contributed by atoms with Crippen LogP contribution in [0.5, 0.6) is 0 Å². The number of aryl methyl sites for hydroxylation is 1. The van der Waals surface area contributed by atoms with Gasteiger partial charge in [0.05, 0.1) is 4.99 Å². The molecular formula is C14H20N2S. The van der Waals surface area contributed by atoms with Crippen molar-refractivity contribution in [2.24, 2.45) is 11.7 Å². The van der Waals surface area contributed by atoms with Crippen LogP contribution < -0.4 is 5.73 Å². The Balaban J connectivity index is 2.05. The second kappa shape index (κ2) is 5.61. The van der Waals surface area contributed by atoms with Gasteiger partial charge in [0, 0.05) is 19.0 Å². The molecule has 1 aromatic rings. The molecule has 2 N–H and O–H groups in total. The van der Waals surface area contributed by atoms with E-state index < -0.39 is 0 Å². The lowest BCUT2D eigenvalue weighted by Crippen LogP contribution is -2.33. The molecule has 0 aromatic heterocycles. The Morgan fingerprint density at radius 3 is 2.82 bits per heavy atom. The zero-order valence-electron chi connectivity index (χ0n) is 10.4. The van der Waals surface area contributed by atoms with Crippen molar-refractivity contribution in [3.05, 3.63) is 35.4 Å². The van der Waals surface area contributed by atoms with Crippen molar-refractivity contribution in [2.45, 2.75) is 26.3 Å². The number of hydrogen-bond donors (Lipinski definition) is 1. The predicted molar refractivity (Wildman–Crippen MR) is 76.0 cm³/mol. The minimum Gasteiger partial charge on any atom is -0.393 e. The Kier molecular flexibility index (Phi) is 4.13. The average molecular weight is 248 g/mol. The summed E-state index contributed by atoms with van der Waals surface area (Å²) < 4.78 is 0. The molecule has 0 amide bonds. The molecule has 3 heteroatoms. The Morgan fingerprint density at radius 2 is 2.12 bits per heavy atom. The molecule has 1 aromatic carbocycles. The average Bonchev–Trinajstić information content (AvgIpc) is 2.50. The number of benzene rings is 1. The van der Waals surface area contributed by atoms with Crippen LogP contribution in [0.25, 0.3) is 0 Å². The van der Waals surface area contributed by atoms with Gasteiger partial charge in [-0.3, -0.25) is 4.90 Å². The fraction of sp³-hybridized carbons (Fsp3) is 0.500. The standard InChI is InChI=1S/C14H20N2S/c1-11(14(15)17)9-16-8-4-7-12-5-2-3-6-13(12)10-16/h2-3,5-6,11H,4,7-10H2,1H3,(H2,15,17). The normalized spacial score (nSPS) is 18.2. The van der Waals surface area contributed by atoms with Crippen molar-refractivity contribution in [2.75, 3.05) is 13.1 Å². The number of hydrogen-bond acceptors (Lipinski definition) is 2. The first-order chi connectivity index (χ1) is 8.16. The number of rotatable bonds is 3. The highest BCUT2D eigenvalue weighted by Gasteiger charge is 2.16. The lowest BCUT2D eigenvalue weighted by Gasteiger charge is -2.23. The maximum Gasteiger partial charge on any atom is 0.0768 e. The first-order valence-electron chi connectivity index (χ1n) is 6.25. The summed E-state index contributed by atoms with van der Waals surface area (Å²) in [5.74, 6) is 0.301. The summed E-state index contributed by atoms with van der Waals surface area (Å²) in [7, 11) is 0. The molecule has 1 atom stereocenters. The van der Waals surface area contributed by atoms with Crippen molar-refractivity contribution in [3.8, 4) is 0 Å². The van der Waals surface area contributed by atoms with E-state index in [1.807, 2.05) is 0 Å². The van der Waals surface area contributed by atoms with E-state index in [1.54, 1.807) is 0 Å². The first kappa shape index (κ1) is 12.5. The molecule has 0 saturated carbocycles. The van der Waals surface area contributed by atoms with Crippen molar-refractivity contribution < 1.29 is 0 Å². The van der Waals surface area contributed by atoms with Crippen molar-refractivity contribution >= 4 is 17.2 Å². The van der Waals surface area contributed by atoms with E-state index in [0.717, 1.165) is 19.6 Å². The van der Waals surface area contributed by atoms with E-state index in [2.05, 4.69) is 36.1 Å². The van der Waals surface area contributed by atoms with Crippen molar-refractivity contribution in [1.82, 2.24) is 4.90 Å². The van der Waals surface area contributed by atoms with E-state index in [9.17, 15) is 0 Å². The highest BCUT2D eigenvalue weighted by Crippen LogP contribution is 2.19. The molecule has 0 bridgehead atoms. The monoisotopic (exact) mass is 248 g/mol. The highest BCUT2D eigenvalue weighted by molar-refractivity contribution is 7.80. The topological polar surface area (TPSA) is 29.3 Å². The second-order valence-electron chi connectivity index (χ2n) is 4.91. The van der Waals surface area contributed by atoms with Crippen LogP contribution in [0.15, 0.2) is 24.3 Å². The lowest BCUT2D eigenvalue weighted by atomic mass is 10.0. The summed E-state index contributed by atoms with van der Waals surface area (Å²) in [6.07, 6.45) is 2.41. The molecule has 1 heterocycles. The molecule has 17 heavy (non-hydrogen) atoms. The first-order valence-corrected chi connectivity index (χ1v) is 6.66. The van der Waals surface area contributed by atoms with Crippen molar-refractivity contribution in [3.63, 3.8) is 0 Å². The van der Waals surface area contributed by atoms with Gasteiger partial charge in [-0.25, -0.2) is 0 Å². The largest absolute Gasteiger partial charge is 0.393 e. The molecule has 1 aliphatic rings. The van der Waals surface area contributed by atoms with Gasteiger partial charge in [-0.05, 0) is 30.5 Å². The zero-order chi connectivity index (χ0) is 12.3. The van der Waals surface area contributed by atoms with Gasteiger partial charge >= 0.3 is 0 Å². The zero-order valence-corrected chi connectivity index (χ0v) is 11.2. The molecule has 0 fully saturated rings. The number of fused-ring (bicyclic) bond motifs is 1. The molecule has 2 rings (SSSR count). The van der Waals surface area contributed by atoms with E-state index >= 15 is 0 Å². The summed E-state index contributed by atoms with van der Waals surface area (Å²) in [6.45, 7) is 5.26. The molecule has 0 spiro atoms. The summed E-state index contributed by atoms with van der Waals surface area (Å²) in [4.78, 5) is 3.10. The van der Waals surface area contributed by atoms with E-state index in [1.165, 1.54) is 24.0 Å². The number of thiocarbonyl (C=S) groups is 1. The Hall–Kier alpha value is -0.930. The van der Waals surface area contributed by atoms with Gasteiger partial charge in [0.25, 0.3) is 0 Å². The van der Waals surface area contributed by atoms with Crippen LogP contribution in [0.3, 0.4) is 0 Å². The van der Waals surface area contributed by atoms with Gasteiger partial charge in [0.1, 0.15) is 0 Å². The van der Waals surface area contributed by atoms with Gasteiger partial charge in [0.15, 0.2) is 0 Å². The molecule has 0 saturated heterocycles. The third kappa shape index (κ3) is 3.27. The molecule has 2 nitrogen and oxygen atoms in total. The van der Waals surface area contributed by atoms with Gasteiger partial charge in [-0.2, -0.15) is 0 Å². The van der Waals surface area contributed by atoms with Gasteiger partial charge in [-0.1, -0.05) is 43.4 Å². The minimum absolute atomic E-state index is 0.301. The smallest absolute Gasteiger partial charge is 0.0768 e. The van der Waals surface area contributed by atoms with Crippen LogP contribution in [-0.4, -0.2) is 23.0 Å². The van der Waals surface area contributed by atoms with E-state index in [4.69, 9.17) is 18.0 Å². The van der Waals surface area contributed by atoms with Crippen LogP contribution in [0, 0.1) is 5.92 Å².